The number of aryl methyl sites for hydroxylation is 2. The van der Waals surface area contributed by atoms with E-state index in [-0.39, 0.29) is 0 Å². The number of pyridine rings is 2. The molecule has 2 nitrogen and oxygen atoms in total. The van der Waals surface area contributed by atoms with Crippen LogP contribution >= 0.6 is 0 Å². The van der Waals surface area contributed by atoms with Crippen LogP contribution in [0.4, 0.5) is 0 Å². The van der Waals surface area contributed by atoms with E-state index in [0.717, 1.165) is 29.6 Å². The second-order valence-corrected chi connectivity index (χ2v) is 3.35. The summed E-state index contributed by atoms with van der Waals surface area (Å²) in [5.74, 6) is 0. The van der Waals surface area contributed by atoms with Crippen LogP contribution in [-0.2, 0) is 12.8 Å². The monoisotopic (exact) mass is 186 g/mol. The lowest BCUT2D eigenvalue weighted by molar-refractivity contribution is 1.03. The molecule has 2 aromatic rings. The first-order valence-electron chi connectivity index (χ1n) is 5.08. The average Bonchev–Trinajstić information content (AvgIpc) is 2.27. The fourth-order valence-corrected chi connectivity index (χ4v) is 1.64. The van der Waals surface area contributed by atoms with Crippen LogP contribution in [-0.4, -0.2) is 9.97 Å². The Labute approximate surface area is 84.0 Å². The highest BCUT2D eigenvalue weighted by molar-refractivity contribution is 5.77. The molecule has 0 aliphatic rings. The van der Waals surface area contributed by atoms with Crippen LogP contribution in [0.3, 0.4) is 0 Å². The highest BCUT2D eigenvalue weighted by Crippen LogP contribution is 2.16. The van der Waals surface area contributed by atoms with E-state index in [4.69, 9.17) is 0 Å². The Kier molecular flexibility index (Phi) is 2.44. The number of rotatable bonds is 2. The highest BCUT2D eigenvalue weighted by Gasteiger charge is 2.03. The van der Waals surface area contributed by atoms with Crippen LogP contribution in [0.25, 0.3) is 11.0 Å². The molecule has 2 rings (SSSR count). The van der Waals surface area contributed by atoms with Crippen molar-refractivity contribution in [1.29, 1.82) is 0 Å². The van der Waals surface area contributed by atoms with Crippen LogP contribution in [0, 0.1) is 0 Å². The largest absolute Gasteiger partial charge is 0.254 e. The van der Waals surface area contributed by atoms with Crippen LogP contribution in [0.15, 0.2) is 24.4 Å². The molecule has 2 heterocycles. The molecule has 0 spiro atoms. The molecule has 14 heavy (non-hydrogen) atoms. The third-order valence-corrected chi connectivity index (χ3v) is 2.44. The van der Waals surface area contributed by atoms with Gasteiger partial charge < -0.3 is 0 Å². The lowest BCUT2D eigenvalue weighted by Crippen LogP contribution is -1.94. The Bertz CT molecular complexity index is 449. The van der Waals surface area contributed by atoms with Gasteiger partial charge in [0.15, 0.2) is 0 Å². The second kappa shape index (κ2) is 3.74. The lowest BCUT2D eigenvalue weighted by Gasteiger charge is -2.05. The van der Waals surface area contributed by atoms with Crippen LogP contribution in [0.5, 0.6) is 0 Å². The number of aromatic nitrogens is 2. The molecule has 0 atom stereocenters. The number of hydrogen-bond donors (Lipinski definition) is 0. The van der Waals surface area contributed by atoms with Gasteiger partial charge in [-0.2, -0.15) is 0 Å². The topological polar surface area (TPSA) is 25.8 Å². The van der Waals surface area contributed by atoms with Gasteiger partial charge in [-0.25, -0.2) is 0 Å². The minimum atomic E-state index is 0.984. The van der Waals surface area contributed by atoms with Gasteiger partial charge in [-0.05, 0) is 36.6 Å². The maximum absolute atomic E-state index is 4.54. The zero-order chi connectivity index (χ0) is 9.97. The predicted octanol–water partition coefficient (Wildman–Crippen LogP) is 2.75. The van der Waals surface area contributed by atoms with Gasteiger partial charge in [-0.3, -0.25) is 9.97 Å². The zero-order valence-corrected chi connectivity index (χ0v) is 8.62. The second-order valence-electron chi connectivity index (χ2n) is 3.35. The summed E-state index contributed by atoms with van der Waals surface area (Å²) < 4.78 is 0. The van der Waals surface area contributed by atoms with Crippen molar-refractivity contribution in [2.45, 2.75) is 26.7 Å². The van der Waals surface area contributed by atoms with Gasteiger partial charge in [-0.1, -0.05) is 13.8 Å². The number of nitrogens with zero attached hydrogens (tertiary/aromatic N) is 2. The van der Waals surface area contributed by atoms with E-state index in [1.807, 2.05) is 18.3 Å². The molecule has 0 fully saturated rings. The standard InChI is InChI=1S/C12H14N2/c1-3-9-8-10(4-2)14-11-6-5-7-13-12(9)11/h5-8H,3-4H2,1-2H3. The maximum Gasteiger partial charge on any atom is 0.0918 e. The van der Waals surface area contributed by atoms with E-state index in [9.17, 15) is 0 Å². The minimum absolute atomic E-state index is 0.984. The van der Waals surface area contributed by atoms with Crippen molar-refractivity contribution in [1.82, 2.24) is 9.97 Å². The molecule has 0 radical (unpaired) electrons. The van der Waals surface area contributed by atoms with Crippen molar-refractivity contribution in [3.05, 3.63) is 35.7 Å². The summed E-state index contributed by atoms with van der Waals surface area (Å²) in [6.07, 6.45) is 3.83. The summed E-state index contributed by atoms with van der Waals surface area (Å²) >= 11 is 0. The fourth-order valence-electron chi connectivity index (χ4n) is 1.64. The molecule has 2 heteroatoms. The molecule has 0 aliphatic heterocycles. The van der Waals surface area contributed by atoms with Gasteiger partial charge in [0.05, 0.1) is 11.0 Å². The third kappa shape index (κ3) is 1.48. The first kappa shape index (κ1) is 9.13. The van der Waals surface area contributed by atoms with Gasteiger partial charge in [0.2, 0.25) is 0 Å². The quantitative estimate of drug-likeness (QED) is 0.720. The molecule has 0 N–H and O–H groups in total. The van der Waals surface area contributed by atoms with E-state index < -0.39 is 0 Å². The van der Waals surface area contributed by atoms with E-state index in [1.165, 1.54) is 5.56 Å². The van der Waals surface area contributed by atoms with Gasteiger partial charge in [0.1, 0.15) is 0 Å². The first-order valence-corrected chi connectivity index (χ1v) is 5.08. The summed E-state index contributed by atoms with van der Waals surface area (Å²) in [6.45, 7) is 4.28. The van der Waals surface area contributed by atoms with Crippen molar-refractivity contribution < 1.29 is 0 Å². The van der Waals surface area contributed by atoms with E-state index in [2.05, 4.69) is 29.9 Å². The van der Waals surface area contributed by atoms with Crippen molar-refractivity contribution in [2.75, 3.05) is 0 Å². The van der Waals surface area contributed by atoms with Crippen LogP contribution in [0.1, 0.15) is 25.1 Å². The summed E-state index contributed by atoms with van der Waals surface area (Å²) in [7, 11) is 0. The third-order valence-electron chi connectivity index (χ3n) is 2.44. The SMILES string of the molecule is CCc1cc(CC)c2ncccc2n1. The van der Waals surface area contributed by atoms with Crippen molar-refractivity contribution >= 4 is 11.0 Å². The van der Waals surface area contributed by atoms with Crippen LogP contribution in [0.2, 0.25) is 0 Å². The first-order chi connectivity index (χ1) is 6.85. The van der Waals surface area contributed by atoms with Gasteiger partial charge in [0, 0.05) is 11.9 Å². The Hall–Kier alpha value is -1.44. The van der Waals surface area contributed by atoms with Crippen molar-refractivity contribution in [3.8, 4) is 0 Å². The maximum atomic E-state index is 4.54. The Morgan fingerprint density at radius 1 is 1.21 bits per heavy atom. The van der Waals surface area contributed by atoms with Crippen LogP contribution < -0.4 is 0 Å². The lowest BCUT2D eigenvalue weighted by atomic mass is 10.1. The molecule has 0 saturated carbocycles. The van der Waals surface area contributed by atoms with Gasteiger partial charge in [0.25, 0.3) is 0 Å². The average molecular weight is 186 g/mol. The minimum Gasteiger partial charge on any atom is -0.254 e. The fraction of sp³-hybridized carbons (Fsp3) is 0.333. The summed E-state index contributed by atoms with van der Waals surface area (Å²) in [5, 5.41) is 0. The molecular weight excluding hydrogens is 172 g/mol. The molecule has 72 valence electrons. The molecule has 0 bridgehead atoms. The summed E-state index contributed by atoms with van der Waals surface area (Å²) in [5.41, 5.74) is 4.52. The van der Waals surface area contributed by atoms with Gasteiger partial charge >= 0.3 is 0 Å². The van der Waals surface area contributed by atoms with Crippen molar-refractivity contribution in [2.24, 2.45) is 0 Å². The molecule has 2 aromatic heterocycles. The molecule has 0 saturated heterocycles. The molecule has 0 aliphatic carbocycles. The van der Waals surface area contributed by atoms with Crippen molar-refractivity contribution in [3.63, 3.8) is 0 Å². The summed E-state index contributed by atoms with van der Waals surface area (Å²) in [6, 6.07) is 6.13. The smallest absolute Gasteiger partial charge is 0.0918 e. The molecular formula is C12H14N2. The van der Waals surface area contributed by atoms with E-state index in [0.29, 0.717) is 0 Å². The summed E-state index contributed by atoms with van der Waals surface area (Å²) in [4.78, 5) is 8.90. The van der Waals surface area contributed by atoms with Gasteiger partial charge in [-0.15, -0.1) is 0 Å². The molecule has 0 unspecified atom stereocenters. The van der Waals surface area contributed by atoms with E-state index in [1.54, 1.807) is 0 Å². The normalized spacial score (nSPS) is 10.7. The van der Waals surface area contributed by atoms with E-state index >= 15 is 0 Å². The Morgan fingerprint density at radius 2 is 2.07 bits per heavy atom. The number of hydrogen-bond acceptors (Lipinski definition) is 2. The number of fused-ring (bicyclic) bond motifs is 1. The molecule has 0 amide bonds. The predicted molar refractivity (Wildman–Crippen MR) is 58.3 cm³/mol. The highest BCUT2D eigenvalue weighted by atomic mass is 14.8. The zero-order valence-electron chi connectivity index (χ0n) is 8.62. The molecule has 0 aromatic carbocycles. The Balaban J connectivity index is 2.73. The Morgan fingerprint density at radius 3 is 2.79 bits per heavy atom.